The van der Waals surface area contributed by atoms with Gasteiger partial charge in [-0.3, -0.25) is 15.6 Å². The van der Waals surface area contributed by atoms with E-state index >= 15 is 0 Å². The Balaban J connectivity index is 1.70. The predicted molar refractivity (Wildman–Crippen MR) is 98.4 cm³/mol. The van der Waals surface area contributed by atoms with Crippen molar-refractivity contribution in [3.8, 4) is 0 Å². The Morgan fingerprint density at radius 2 is 1.88 bits per heavy atom. The van der Waals surface area contributed by atoms with Crippen molar-refractivity contribution >= 4 is 33.0 Å². The van der Waals surface area contributed by atoms with E-state index in [9.17, 15) is 13.2 Å². The summed E-state index contributed by atoms with van der Waals surface area (Å²) in [4.78, 5) is 13.3. The Labute approximate surface area is 151 Å². The number of sulfonamides is 1. The predicted octanol–water partition coefficient (Wildman–Crippen LogP) is 2.44. The molecule has 1 aromatic carbocycles. The molecule has 132 valence electrons. The molecule has 0 unspecified atom stereocenters. The maximum Gasteiger partial charge on any atom is 0.269 e. The first-order valence-electron chi connectivity index (χ1n) is 7.88. The number of nitrogens with zero attached hydrogens (tertiary/aromatic N) is 1. The van der Waals surface area contributed by atoms with Crippen LogP contribution in [-0.2, 0) is 10.0 Å². The Bertz CT molecular complexity index is 870. The number of hydrazine groups is 1. The molecule has 2 N–H and O–H groups in total. The first-order valence-corrected chi connectivity index (χ1v) is 10.2. The fourth-order valence-electron chi connectivity index (χ4n) is 2.59. The number of amides is 1. The molecule has 0 atom stereocenters. The molecule has 1 fully saturated rings. The zero-order valence-electron chi connectivity index (χ0n) is 13.6. The van der Waals surface area contributed by atoms with E-state index in [1.165, 1.54) is 27.8 Å². The molecule has 0 radical (unpaired) electrons. The van der Waals surface area contributed by atoms with Crippen molar-refractivity contribution < 1.29 is 13.2 Å². The van der Waals surface area contributed by atoms with E-state index in [2.05, 4.69) is 17.4 Å². The molecule has 1 amide bonds. The van der Waals surface area contributed by atoms with Crippen LogP contribution in [0.15, 0.2) is 53.3 Å². The summed E-state index contributed by atoms with van der Waals surface area (Å²) in [7, 11) is -3.54. The highest BCUT2D eigenvalue weighted by atomic mass is 32.2. The zero-order chi connectivity index (χ0) is 17.9. The van der Waals surface area contributed by atoms with E-state index in [1.54, 1.807) is 12.1 Å². The third kappa shape index (κ3) is 3.92. The van der Waals surface area contributed by atoms with Crippen molar-refractivity contribution in [2.45, 2.75) is 17.7 Å². The van der Waals surface area contributed by atoms with Gasteiger partial charge in [-0.1, -0.05) is 18.7 Å². The van der Waals surface area contributed by atoms with Crippen LogP contribution in [0.4, 0.5) is 0 Å². The van der Waals surface area contributed by atoms with Gasteiger partial charge >= 0.3 is 0 Å². The highest BCUT2D eigenvalue weighted by molar-refractivity contribution is 7.89. The van der Waals surface area contributed by atoms with Gasteiger partial charge < -0.3 is 0 Å². The van der Waals surface area contributed by atoms with E-state index in [-0.39, 0.29) is 10.5 Å². The van der Waals surface area contributed by atoms with Gasteiger partial charge in [-0.05, 0) is 42.5 Å². The van der Waals surface area contributed by atoms with Crippen LogP contribution < -0.4 is 10.9 Å². The van der Waals surface area contributed by atoms with Crippen LogP contribution >= 0.6 is 11.3 Å². The lowest BCUT2D eigenvalue weighted by Gasteiger charge is -2.16. The fraction of sp³-hybridized carbons (Fsp3) is 0.235. The molecular formula is C17H19N3O3S2. The van der Waals surface area contributed by atoms with Gasteiger partial charge in [-0.25, -0.2) is 8.42 Å². The van der Waals surface area contributed by atoms with Crippen molar-refractivity contribution in [2.24, 2.45) is 0 Å². The van der Waals surface area contributed by atoms with Gasteiger partial charge in [0.15, 0.2) is 0 Å². The monoisotopic (exact) mass is 377 g/mol. The van der Waals surface area contributed by atoms with Crippen LogP contribution in [0, 0.1) is 0 Å². The minimum atomic E-state index is -3.54. The summed E-state index contributed by atoms with van der Waals surface area (Å²) in [6, 6.07) is 9.84. The Kier molecular flexibility index (Phi) is 5.22. The molecule has 25 heavy (non-hydrogen) atoms. The van der Waals surface area contributed by atoms with Gasteiger partial charge in [0.25, 0.3) is 5.91 Å². The van der Waals surface area contributed by atoms with Crippen molar-refractivity contribution in [1.29, 1.82) is 0 Å². The first-order chi connectivity index (χ1) is 12.0. The van der Waals surface area contributed by atoms with E-state index in [0.717, 1.165) is 17.7 Å². The molecule has 0 spiro atoms. The van der Waals surface area contributed by atoms with Crippen LogP contribution in [0.2, 0.25) is 0 Å². The second-order valence-electron chi connectivity index (χ2n) is 5.67. The molecule has 2 aromatic rings. The third-order valence-corrected chi connectivity index (χ3v) is 6.77. The number of nitrogens with one attached hydrogen (secondary N) is 2. The van der Waals surface area contributed by atoms with Gasteiger partial charge in [0.05, 0.1) is 15.5 Å². The third-order valence-electron chi connectivity index (χ3n) is 3.94. The number of benzene rings is 1. The summed E-state index contributed by atoms with van der Waals surface area (Å²) in [6.45, 7) is 4.91. The second kappa shape index (κ2) is 7.38. The van der Waals surface area contributed by atoms with Gasteiger partial charge in [0, 0.05) is 18.7 Å². The largest absolute Gasteiger partial charge is 0.298 e. The molecule has 1 aliphatic heterocycles. The molecule has 0 aliphatic carbocycles. The first kappa shape index (κ1) is 17.7. The Hall–Kier alpha value is -2.16. The molecule has 1 saturated heterocycles. The molecule has 0 bridgehead atoms. The summed E-state index contributed by atoms with van der Waals surface area (Å²) in [5, 5.41) is 1.91. The molecule has 3 rings (SSSR count). The van der Waals surface area contributed by atoms with Crippen LogP contribution in [0.1, 0.15) is 28.1 Å². The molecule has 1 aromatic heterocycles. The number of hydrogen-bond donors (Lipinski definition) is 2. The van der Waals surface area contributed by atoms with E-state index in [1.807, 2.05) is 17.5 Å². The number of rotatable bonds is 6. The summed E-state index contributed by atoms with van der Waals surface area (Å²) in [5.74, 6) is -0.420. The number of carbonyl (C=O) groups is 1. The SMILES string of the molecule is C=C(NNC(=O)c1cccc(S(=O)(=O)N2CCCC2)c1)c1cccs1. The number of hydrogen-bond acceptors (Lipinski definition) is 5. The maximum atomic E-state index is 12.6. The van der Waals surface area contributed by atoms with E-state index < -0.39 is 15.9 Å². The summed E-state index contributed by atoms with van der Waals surface area (Å²) < 4.78 is 26.7. The summed E-state index contributed by atoms with van der Waals surface area (Å²) >= 11 is 1.50. The molecule has 8 heteroatoms. The van der Waals surface area contributed by atoms with Crippen LogP contribution in [-0.4, -0.2) is 31.7 Å². The van der Waals surface area contributed by atoms with Crippen molar-refractivity contribution in [1.82, 2.24) is 15.2 Å². The van der Waals surface area contributed by atoms with Gasteiger partial charge in [0.1, 0.15) is 0 Å². The number of carbonyl (C=O) groups excluding carboxylic acids is 1. The fourth-order valence-corrected chi connectivity index (χ4v) is 4.81. The normalized spacial score (nSPS) is 15.0. The zero-order valence-corrected chi connectivity index (χ0v) is 15.2. The van der Waals surface area contributed by atoms with Crippen LogP contribution in [0.5, 0.6) is 0 Å². The topological polar surface area (TPSA) is 78.5 Å². The smallest absolute Gasteiger partial charge is 0.269 e. The summed E-state index contributed by atoms with van der Waals surface area (Å²) in [5.41, 5.74) is 6.14. The molecule has 0 saturated carbocycles. The van der Waals surface area contributed by atoms with Crippen molar-refractivity contribution in [3.05, 3.63) is 58.8 Å². The quantitative estimate of drug-likeness (QED) is 0.758. The minimum Gasteiger partial charge on any atom is -0.298 e. The maximum absolute atomic E-state index is 12.6. The minimum absolute atomic E-state index is 0.138. The standard InChI is InChI=1S/C17H19N3O3S2/c1-13(16-8-5-11-24-16)18-19-17(21)14-6-4-7-15(12-14)25(22,23)20-9-2-3-10-20/h4-8,11-12,18H,1-3,9-10H2,(H,19,21). The molecular weight excluding hydrogens is 358 g/mol. The lowest BCUT2D eigenvalue weighted by atomic mass is 10.2. The van der Waals surface area contributed by atoms with Gasteiger partial charge in [-0.2, -0.15) is 4.31 Å². The average molecular weight is 377 g/mol. The van der Waals surface area contributed by atoms with E-state index in [0.29, 0.717) is 18.8 Å². The molecule has 6 nitrogen and oxygen atoms in total. The highest BCUT2D eigenvalue weighted by Crippen LogP contribution is 2.21. The Morgan fingerprint density at radius 1 is 1.12 bits per heavy atom. The molecule has 1 aliphatic rings. The van der Waals surface area contributed by atoms with E-state index in [4.69, 9.17) is 0 Å². The van der Waals surface area contributed by atoms with Crippen molar-refractivity contribution in [2.75, 3.05) is 13.1 Å². The second-order valence-corrected chi connectivity index (χ2v) is 8.56. The van der Waals surface area contributed by atoms with Crippen LogP contribution in [0.25, 0.3) is 5.70 Å². The average Bonchev–Trinajstić information content (AvgIpc) is 3.33. The number of thiophene rings is 1. The highest BCUT2D eigenvalue weighted by Gasteiger charge is 2.27. The van der Waals surface area contributed by atoms with Crippen molar-refractivity contribution in [3.63, 3.8) is 0 Å². The van der Waals surface area contributed by atoms with Gasteiger partial charge in [-0.15, -0.1) is 11.3 Å². The van der Waals surface area contributed by atoms with Crippen LogP contribution in [0.3, 0.4) is 0 Å². The molecule has 2 heterocycles. The lowest BCUT2D eigenvalue weighted by Crippen LogP contribution is -2.36. The lowest BCUT2D eigenvalue weighted by molar-refractivity contribution is 0.0942. The Morgan fingerprint density at radius 3 is 2.56 bits per heavy atom. The van der Waals surface area contributed by atoms with Gasteiger partial charge in [0.2, 0.25) is 10.0 Å². The summed E-state index contributed by atoms with van der Waals surface area (Å²) in [6.07, 6.45) is 1.74.